The van der Waals surface area contributed by atoms with Crippen molar-refractivity contribution in [2.75, 3.05) is 14.2 Å². The number of nitrogens with zero attached hydrogens (tertiary/aromatic N) is 1. The summed E-state index contributed by atoms with van der Waals surface area (Å²) in [6.45, 7) is 0.251. The summed E-state index contributed by atoms with van der Waals surface area (Å²) in [6.07, 6.45) is 2.67. The van der Waals surface area contributed by atoms with E-state index in [1.165, 1.54) is 25.3 Å². The fourth-order valence-corrected chi connectivity index (χ4v) is 2.70. The van der Waals surface area contributed by atoms with Gasteiger partial charge in [0.2, 0.25) is 5.91 Å². The smallest absolute Gasteiger partial charge is 0.276 e. The predicted molar refractivity (Wildman–Crippen MR) is 101 cm³/mol. The Morgan fingerprint density at radius 3 is 2.54 bits per heavy atom. The van der Waals surface area contributed by atoms with Gasteiger partial charge in [-0.15, -0.1) is 0 Å². The maximum Gasteiger partial charge on any atom is 0.276 e. The number of halogens is 1. The van der Waals surface area contributed by atoms with E-state index in [4.69, 9.17) is 9.47 Å². The molecule has 0 saturated carbocycles. The Balaban J connectivity index is 2.07. The standard InChI is InChI=1S/C18H17BrN2O5/c1-25-16-9-13(14(19)10-17(16)26-2)11-20-18(22)8-7-12-5-3-4-6-15(12)21(23)24/h3-10H,11H2,1-2H3,(H,20,22). The van der Waals surface area contributed by atoms with Crippen LogP contribution in [0.2, 0.25) is 0 Å². The minimum Gasteiger partial charge on any atom is -0.493 e. The highest BCUT2D eigenvalue weighted by molar-refractivity contribution is 9.10. The summed E-state index contributed by atoms with van der Waals surface area (Å²) < 4.78 is 11.2. The number of hydrogen-bond acceptors (Lipinski definition) is 5. The van der Waals surface area contributed by atoms with E-state index >= 15 is 0 Å². The number of carbonyl (C=O) groups excluding carboxylic acids is 1. The van der Waals surface area contributed by atoms with Gasteiger partial charge in [0.15, 0.2) is 11.5 Å². The Morgan fingerprint density at radius 1 is 1.23 bits per heavy atom. The average molecular weight is 421 g/mol. The van der Waals surface area contributed by atoms with Crippen LogP contribution in [0.25, 0.3) is 6.08 Å². The number of nitro benzene ring substituents is 1. The first-order chi connectivity index (χ1) is 12.5. The SMILES string of the molecule is COc1cc(Br)c(CNC(=O)C=Cc2ccccc2[N+](=O)[O-])cc1OC. The highest BCUT2D eigenvalue weighted by Crippen LogP contribution is 2.33. The number of nitro groups is 1. The van der Waals surface area contributed by atoms with Gasteiger partial charge in [-0.3, -0.25) is 14.9 Å². The lowest BCUT2D eigenvalue weighted by Gasteiger charge is -2.12. The number of benzene rings is 2. The van der Waals surface area contributed by atoms with Gasteiger partial charge in [0.05, 0.1) is 24.7 Å². The second-order valence-electron chi connectivity index (χ2n) is 5.17. The molecule has 26 heavy (non-hydrogen) atoms. The summed E-state index contributed by atoms with van der Waals surface area (Å²) in [5, 5.41) is 13.7. The topological polar surface area (TPSA) is 90.7 Å². The van der Waals surface area contributed by atoms with E-state index in [9.17, 15) is 14.9 Å². The first-order valence-electron chi connectivity index (χ1n) is 7.56. The molecule has 0 aromatic heterocycles. The van der Waals surface area contributed by atoms with Crippen molar-refractivity contribution in [2.45, 2.75) is 6.54 Å². The number of amides is 1. The number of carbonyl (C=O) groups is 1. The molecule has 0 aliphatic rings. The Hall–Kier alpha value is -2.87. The van der Waals surface area contributed by atoms with Crippen LogP contribution in [0.5, 0.6) is 11.5 Å². The van der Waals surface area contributed by atoms with E-state index in [0.717, 1.165) is 10.0 Å². The molecule has 0 atom stereocenters. The predicted octanol–water partition coefficient (Wildman–Crippen LogP) is 3.70. The third-order valence-electron chi connectivity index (χ3n) is 3.55. The van der Waals surface area contributed by atoms with Gasteiger partial charge in [-0.1, -0.05) is 28.1 Å². The third-order valence-corrected chi connectivity index (χ3v) is 4.29. The lowest BCUT2D eigenvalue weighted by atomic mass is 10.1. The molecule has 1 N–H and O–H groups in total. The molecule has 0 spiro atoms. The quantitative estimate of drug-likeness (QED) is 0.418. The van der Waals surface area contributed by atoms with Crippen molar-refractivity contribution >= 4 is 33.6 Å². The van der Waals surface area contributed by atoms with E-state index in [1.54, 1.807) is 37.4 Å². The molecule has 2 aromatic carbocycles. The molecule has 0 unspecified atom stereocenters. The van der Waals surface area contributed by atoms with Crippen LogP contribution in [0.3, 0.4) is 0 Å². The van der Waals surface area contributed by atoms with Crippen LogP contribution >= 0.6 is 15.9 Å². The van der Waals surface area contributed by atoms with Crippen LogP contribution in [-0.4, -0.2) is 25.1 Å². The van der Waals surface area contributed by atoms with E-state index in [-0.39, 0.29) is 18.1 Å². The summed E-state index contributed by atoms with van der Waals surface area (Å²) in [4.78, 5) is 22.5. The van der Waals surface area contributed by atoms with Crippen molar-refractivity contribution in [2.24, 2.45) is 0 Å². The molecule has 2 aromatic rings. The second-order valence-corrected chi connectivity index (χ2v) is 6.02. The fraction of sp³-hybridized carbons (Fsp3) is 0.167. The molecule has 7 nitrogen and oxygen atoms in total. The summed E-state index contributed by atoms with van der Waals surface area (Å²) in [7, 11) is 3.07. The van der Waals surface area contributed by atoms with Gasteiger partial charge < -0.3 is 14.8 Å². The molecule has 1 amide bonds. The normalized spacial score (nSPS) is 10.6. The minimum atomic E-state index is -0.488. The van der Waals surface area contributed by atoms with Crippen LogP contribution in [0.1, 0.15) is 11.1 Å². The highest BCUT2D eigenvalue weighted by Gasteiger charge is 2.11. The Bertz CT molecular complexity index is 851. The van der Waals surface area contributed by atoms with Crippen LogP contribution in [0, 0.1) is 10.1 Å². The van der Waals surface area contributed by atoms with Crippen LogP contribution < -0.4 is 14.8 Å². The van der Waals surface area contributed by atoms with Crippen molar-refractivity contribution in [3.63, 3.8) is 0 Å². The molecule has 0 fully saturated rings. The Morgan fingerprint density at radius 2 is 1.88 bits per heavy atom. The molecular weight excluding hydrogens is 404 g/mol. The largest absolute Gasteiger partial charge is 0.493 e. The lowest BCUT2D eigenvalue weighted by molar-refractivity contribution is -0.385. The zero-order valence-electron chi connectivity index (χ0n) is 14.2. The maximum atomic E-state index is 12.0. The van der Waals surface area contributed by atoms with Gasteiger partial charge in [0.25, 0.3) is 5.69 Å². The Kier molecular flexibility index (Phi) is 6.74. The first-order valence-corrected chi connectivity index (χ1v) is 8.35. The number of methoxy groups -OCH3 is 2. The highest BCUT2D eigenvalue weighted by atomic mass is 79.9. The van der Waals surface area contributed by atoms with Crippen molar-refractivity contribution in [1.82, 2.24) is 5.32 Å². The zero-order chi connectivity index (χ0) is 19.1. The maximum absolute atomic E-state index is 12.0. The van der Waals surface area contributed by atoms with E-state index in [1.807, 2.05) is 0 Å². The van der Waals surface area contributed by atoms with Gasteiger partial charge in [-0.25, -0.2) is 0 Å². The molecule has 136 valence electrons. The zero-order valence-corrected chi connectivity index (χ0v) is 15.8. The summed E-state index contributed by atoms with van der Waals surface area (Å²) in [6, 6.07) is 9.72. The number of para-hydroxylation sites is 1. The second kappa shape index (κ2) is 9.00. The molecular formula is C18H17BrN2O5. The van der Waals surface area contributed by atoms with Crippen LogP contribution in [-0.2, 0) is 11.3 Å². The van der Waals surface area contributed by atoms with Crippen molar-refractivity contribution < 1.29 is 19.2 Å². The fourth-order valence-electron chi connectivity index (χ4n) is 2.23. The lowest BCUT2D eigenvalue weighted by Crippen LogP contribution is -2.20. The van der Waals surface area contributed by atoms with Gasteiger partial charge >= 0.3 is 0 Å². The van der Waals surface area contributed by atoms with Crippen molar-refractivity contribution in [3.8, 4) is 11.5 Å². The summed E-state index contributed by atoms with van der Waals surface area (Å²) in [5.41, 5.74) is 1.11. The minimum absolute atomic E-state index is 0.0563. The molecule has 0 aliphatic carbocycles. The van der Waals surface area contributed by atoms with Crippen molar-refractivity contribution in [1.29, 1.82) is 0 Å². The van der Waals surface area contributed by atoms with E-state index < -0.39 is 4.92 Å². The number of hydrogen-bond donors (Lipinski definition) is 1. The third kappa shape index (κ3) is 4.82. The van der Waals surface area contributed by atoms with E-state index in [2.05, 4.69) is 21.2 Å². The Labute approximate surface area is 158 Å². The van der Waals surface area contributed by atoms with Crippen LogP contribution in [0.4, 0.5) is 5.69 Å². The first kappa shape index (κ1) is 19.5. The van der Waals surface area contributed by atoms with E-state index in [0.29, 0.717) is 17.1 Å². The van der Waals surface area contributed by atoms with Gasteiger partial charge in [0.1, 0.15) is 0 Å². The molecule has 0 radical (unpaired) electrons. The summed E-state index contributed by atoms with van der Waals surface area (Å²) >= 11 is 3.42. The summed E-state index contributed by atoms with van der Waals surface area (Å²) in [5.74, 6) is 0.756. The van der Waals surface area contributed by atoms with Gasteiger partial charge in [0, 0.05) is 23.2 Å². The number of rotatable bonds is 7. The molecule has 0 aliphatic heterocycles. The average Bonchev–Trinajstić information content (AvgIpc) is 2.65. The van der Waals surface area contributed by atoms with Crippen molar-refractivity contribution in [3.05, 3.63) is 68.2 Å². The van der Waals surface area contributed by atoms with Crippen LogP contribution in [0.15, 0.2) is 46.9 Å². The molecule has 8 heteroatoms. The molecule has 0 saturated heterocycles. The molecule has 2 rings (SSSR count). The van der Waals surface area contributed by atoms with Gasteiger partial charge in [-0.05, 0) is 29.8 Å². The number of ether oxygens (including phenoxy) is 2. The van der Waals surface area contributed by atoms with Gasteiger partial charge in [-0.2, -0.15) is 0 Å². The number of nitrogens with one attached hydrogen (secondary N) is 1. The molecule has 0 bridgehead atoms. The molecule has 0 heterocycles. The monoisotopic (exact) mass is 420 g/mol.